The van der Waals surface area contributed by atoms with Gasteiger partial charge in [0, 0.05) is 24.7 Å². The zero-order chi connectivity index (χ0) is 18.9. The summed E-state index contributed by atoms with van der Waals surface area (Å²) in [7, 11) is -3.46. The molecule has 1 aliphatic carbocycles. The molecule has 1 aromatic heterocycles. The number of nitrogens with zero attached hydrogens (tertiary/aromatic N) is 3. The number of rotatable bonds is 6. The molecular weight excluding hydrogens is 362 g/mol. The van der Waals surface area contributed by atoms with E-state index in [1.807, 2.05) is 19.1 Å². The predicted octanol–water partition coefficient (Wildman–Crippen LogP) is 3.17. The van der Waals surface area contributed by atoms with Gasteiger partial charge >= 0.3 is 0 Å². The van der Waals surface area contributed by atoms with Crippen molar-refractivity contribution >= 4 is 15.7 Å². The number of hydrogen-bond donors (Lipinski definition) is 2. The maximum Gasteiger partial charge on any atom is 0.243 e. The van der Waals surface area contributed by atoms with E-state index in [2.05, 4.69) is 20.5 Å². The fourth-order valence-corrected chi connectivity index (χ4v) is 5.28. The molecule has 0 unspecified atom stereocenters. The maximum absolute atomic E-state index is 13.1. The first-order valence-electron chi connectivity index (χ1n) is 9.80. The predicted molar refractivity (Wildman–Crippen MR) is 104 cm³/mol. The molecule has 0 bridgehead atoms. The van der Waals surface area contributed by atoms with Gasteiger partial charge in [-0.15, -0.1) is 0 Å². The molecule has 27 heavy (non-hydrogen) atoms. The minimum atomic E-state index is -3.46. The van der Waals surface area contributed by atoms with Gasteiger partial charge in [0.15, 0.2) is 5.82 Å². The third-order valence-corrected chi connectivity index (χ3v) is 7.36. The minimum Gasteiger partial charge on any atom is -0.378 e. The molecule has 146 valence electrons. The summed E-state index contributed by atoms with van der Waals surface area (Å²) >= 11 is 0. The Kier molecular flexibility index (Phi) is 5.19. The van der Waals surface area contributed by atoms with Gasteiger partial charge in [0.05, 0.1) is 11.4 Å². The standard InChI is InChI=1S/C19H27N5O2S/c1-14-6-9-16(20-13-18-21-19(23-22-18)15-7-8-15)12-17(14)27(25,26)24-10-4-2-3-5-11-24/h6,9,12,15,20H,2-5,7-8,10-11,13H2,1H3,(H,21,22,23). The third-order valence-electron chi connectivity index (χ3n) is 5.32. The molecule has 7 nitrogen and oxygen atoms in total. The molecule has 0 spiro atoms. The van der Waals surface area contributed by atoms with Gasteiger partial charge in [-0.3, -0.25) is 5.10 Å². The number of aromatic amines is 1. The van der Waals surface area contributed by atoms with Crippen LogP contribution in [-0.2, 0) is 16.6 Å². The van der Waals surface area contributed by atoms with Crippen molar-refractivity contribution in [2.75, 3.05) is 18.4 Å². The topological polar surface area (TPSA) is 91.0 Å². The van der Waals surface area contributed by atoms with Crippen molar-refractivity contribution in [2.45, 2.75) is 62.8 Å². The highest BCUT2D eigenvalue weighted by molar-refractivity contribution is 7.89. The Hall–Kier alpha value is -1.93. The highest BCUT2D eigenvalue weighted by atomic mass is 32.2. The summed E-state index contributed by atoms with van der Waals surface area (Å²) in [6.45, 7) is 3.57. The van der Waals surface area contributed by atoms with Crippen molar-refractivity contribution in [1.82, 2.24) is 19.5 Å². The Labute approximate surface area is 160 Å². The second-order valence-electron chi connectivity index (χ2n) is 7.57. The molecule has 8 heteroatoms. The van der Waals surface area contributed by atoms with E-state index in [9.17, 15) is 8.42 Å². The van der Waals surface area contributed by atoms with Crippen molar-refractivity contribution in [3.8, 4) is 0 Å². The number of anilines is 1. The Morgan fingerprint density at radius 3 is 2.63 bits per heavy atom. The lowest BCUT2D eigenvalue weighted by Crippen LogP contribution is -2.32. The Bertz CT molecular complexity index is 897. The summed E-state index contributed by atoms with van der Waals surface area (Å²) < 4.78 is 27.9. The van der Waals surface area contributed by atoms with Crippen LogP contribution in [0.5, 0.6) is 0 Å². The summed E-state index contributed by atoms with van der Waals surface area (Å²) in [5, 5.41) is 10.5. The molecule has 2 fully saturated rings. The highest BCUT2D eigenvalue weighted by Crippen LogP contribution is 2.37. The zero-order valence-corrected chi connectivity index (χ0v) is 16.6. The second kappa shape index (κ2) is 7.59. The summed E-state index contributed by atoms with van der Waals surface area (Å²) in [6, 6.07) is 5.52. The molecule has 1 aromatic carbocycles. The van der Waals surface area contributed by atoms with E-state index in [0.29, 0.717) is 30.4 Å². The number of H-pyrrole nitrogens is 1. The van der Waals surface area contributed by atoms with Crippen LogP contribution >= 0.6 is 0 Å². The normalized spacial score (nSPS) is 19.0. The van der Waals surface area contributed by atoms with Gasteiger partial charge in [-0.05, 0) is 50.3 Å². The lowest BCUT2D eigenvalue weighted by atomic mass is 10.2. The van der Waals surface area contributed by atoms with Crippen LogP contribution in [0.25, 0.3) is 0 Å². The molecular formula is C19H27N5O2S. The van der Waals surface area contributed by atoms with E-state index in [-0.39, 0.29) is 0 Å². The van der Waals surface area contributed by atoms with Crippen LogP contribution in [0.1, 0.15) is 61.7 Å². The Balaban J connectivity index is 1.49. The molecule has 0 atom stereocenters. The van der Waals surface area contributed by atoms with Gasteiger partial charge in [0.2, 0.25) is 10.0 Å². The molecule has 2 aromatic rings. The quantitative estimate of drug-likeness (QED) is 0.792. The first kappa shape index (κ1) is 18.4. The van der Waals surface area contributed by atoms with E-state index in [1.165, 1.54) is 12.8 Å². The number of benzene rings is 1. The molecule has 2 N–H and O–H groups in total. The van der Waals surface area contributed by atoms with E-state index in [1.54, 1.807) is 10.4 Å². The number of aryl methyl sites for hydroxylation is 1. The van der Waals surface area contributed by atoms with Crippen LogP contribution in [0.3, 0.4) is 0 Å². The van der Waals surface area contributed by atoms with Crippen molar-refractivity contribution in [1.29, 1.82) is 0 Å². The Morgan fingerprint density at radius 2 is 1.93 bits per heavy atom. The molecule has 4 rings (SSSR count). The van der Waals surface area contributed by atoms with Crippen LogP contribution in [0.2, 0.25) is 0 Å². The number of nitrogens with one attached hydrogen (secondary N) is 2. The molecule has 1 aliphatic heterocycles. The number of aromatic nitrogens is 3. The summed E-state index contributed by atoms with van der Waals surface area (Å²) in [5.74, 6) is 2.18. The van der Waals surface area contributed by atoms with Gasteiger partial charge in [0.1, 0.15) is 5.82 Å². The van der Waals surface area contributed by atoms with Crippen LogP contribution < -0.4 is 5.32 Å². The molecule has 0 amide bonds. The maximum atomic E-state index is 13.1. The summed E-state index contributed by atoms with van der Waals surface area (Å²) in [4.78, 5) is 4.90. The lowest BCUT2D eigenvalue weighted by Gasteiger charge is -2.21. The van der Waals surface area contributed by atoms with E-state index in [0.717, 1.165) is 48.6 Å². The molecule has 1 saturated heterocycles. The highest BCUT2D eigenvalue weighted by Gasteiger charge is 2.28. The third kappa shape index (κ3) is 4.16. The van der Waals surface area contributed by atoms with Gasteiger partial charge < -0.3 is 5.32 Å². The summed E-state index contributed by atoms with van der Waals surface area (Å²) in [6.07, 6.45) is 6.41. The average Bonchev–Trinajstić information content (AvgIpc) is 3.45. The Morgan fingerprint density at radius 1 is 1.19 bits per heavy atom. The van der Waals surface area contributed by atoms with E-state index >= 15 is 0 Å². The monoisotopic (exact) mass is 389 g/mol. The van der Waals surface area contributed by atoms with E-state index in [4.69, 9.17) is 0 Å². The van der Waals surface area contributed by atoms with Crippen LogP contribution in [0.15, 0.2) is 23.1 Å². The largest absolute Gasteiger partial charge is 0.378 e. The SMILES string of the molecule is Cc1ccc(NCc2nc(C3CC3)n[nH]2)cc1S(=O)(=O)N1CCCCCC1. The van der Waals surface area contributed by atoms with Gasteiger partial charge in [0.25, 0.3) is 0 Å². The van der Waals surface area contributed by atoms with Crippen LogP contribution in [0.4, 0.5) is 5.69 Å². The first-order chi connectivity index (χ1) is 13.0. The van der Waals surface area contributed by atoms with Crippen molar-refractivity contribution in [3.63, 3.8) is 0 Å². The fourth-order valence-electron chi connectivity index (χ4n) is 3.51. The fraction of sp³-hybridized carbons (Fsp3) is 0.579. The molecule has 1 saturated carbocycles. The minimum absolute atomic E-state index is 0.394. The molecule has 0 radical (unpaired) electrons. The molecule has 2 heterocycles. The molecule has 2 aliphatic rings. The lowest BCUT2D eigenvalue weighted by molar-refractivity contribution is 0.423. The first-order valence-corrected chi connectivity index (χ1v) is 11.2. The van der Waals surface area contributed by atoms with Gasteiger partial charge in [-0.1, -0.05) is 18.9 Å². The van der Waals surface area contributed by atoms with Crippen molar-refractivity contribution in [2.24, 2.45) is 0 Å². The zero-order valence-electron chi connectivity index (χ0n) is 15.7. The van der Waals surface area contributed by atoms with Gasteiger partial charge in [-0.2, -0.15) is 9.40 Å². The van der Waals surface area contributed by atoms with Crippen molar-refractivity contribution in [3.05, 3.63) is 35.4 Å². The van der Waals surface area contributed by atoms with Crippen LogP contribution in [0, 0.1) is 6.92 Å². The number of hydrogen-bond acceptors (Lipinski definition) is 5. The number of sulfonamides is 1. The van der Waals surface area contributed by atoms with Gasteiger partial charge in [-0.25, -0.2) is 13.4 Å². The van der Waals surface area contributed by atoms with Crippen LogP contribution in [-0.4, -0.2) is 41.0 Å². The van der Waals surface area contributed by atoms with E-state index < -0.39 is 10.0 Å². The summed E-state index contributed by atoms with van der Waals surface area (Å²) in [5.41, 5.74) is 1.55. The van der Waals surface area contributed by atoms with Crippen molar-refractivity contribution < 1.29 is 8.42 Å². The average molecular weight is 390 g/mol. The second-order valence-corrected chi connectivity index (χ2v) is 9.47. The smallest absolute Gasteiger partial charge is 0.243 e.